The molecular weight excluding hydrogens is 393 g/mol. The van der Waals surface area contributed by atoms with E-state index in [9.17, 15) is 17.6 Å². The van der Waals surface area contributed by atoms with Gasteiger partial charge in [0.05, 0.1) is 31.1 Å². The second kappa shape index (κ2) is 9.02. The summed E-state index contributed by atoms with van der Waals surface area (Å²) in [5, 5.41) is 2.74. The first-order valence-electron chi connectivity index (χ1n) is 9.68. The Morgan fingerprint density at radius 3 is 2.48 bits per heavy atom. The lowest BCUT2D eigenvalue weighted by atomic mass is 10.2. The number of carbonyl (C=O) groups excluding carboxylic acids is 1. The van der Waals surface area contributed by atoms with Gasteiger partial charge < -0.3 is 10.2 Å². The molecular formula is C21H27FN3O3S+. The van der Waals surface area contributed by atoms with E-state index >= 15 is 0 Å². The Bertz CT molecular complexity index is 986. The summed E-state index contributed by atoms with van der Waals surface area (Å²) in [5.41, 5.74) is 2.21. The largest absolute Gasteiger partial charge is 0.347 e. The highest BCUT2D eigenvalue weighted by Crippen LogP contribution is 2.20. The predicted molar refractivity (Wildman–Crippen MR) is 108 cm³/mol. The van der Waals surface area contributed by atoms with Crippen LogP contribution in [0.3, 0.4) is 0 Å². The second-order valence-corrected chi connectivity index (χ2v) is 9.37. The molecule has 6 nitrogen and oxygen atoms in total. The summed E-state index contributed by atoms with van der Waals surface area (Å²) in [7, 11) is -3.53. The maximum Gasteiger partial charge on any atom is 0.275 e. The minimum absolute atomic E-state index is 0.145. The number of piperazine rings is 1. The average molecular weight is 421 g/mol. The van der Waals surface area contributed by atoms with Crippen LogP contribution in [0.4, 0.5) is 4.39 Å². The number of nitrogens with zero attached hydrogens (tertiary/aromatic N) is 1. The summed E-state index contributed by atoms with van der Waals surface area (Å²) in [5.74, 6) is -0.515. The molecule has 2 aromatic carbocycles. The van der Waals surface area contributed by atoms with Crippen LogP contribution in [0.2, 0.25) is 0 Å². The highest BCUT2D eigenvalue weighted by atomic mass is 32.2. The van der Waals surface area contributed by atoms with Crippen molar-refractivity contribution in [3.63, 3.8) is 0 Å². The van der Waals surface area contributed by atoms with Crippen LogP contribution in [-0.2, 0) is 21.4 Å². The van der Waals surface area contributed by atoms with Gasteiger partial charge in [0.25, 0.3) is 5.91 Å². The zero-order chi connectivity index (χ0) is 21.0. The Morgan fingerprint density at radius 2 is 1.83 bits per heavy atom. The number of hydrogen-bond donors (Lipinski definition) is 2. The van der Waals surface area contributed by atoms with Crippen LogP contribution in [0.1, 0.15) is 16.7 Å². The number of aryl methyl sites for hydroxylation is 2. The summed E-state index contributed by atoms with van der Waals surface area (Å²) < 4.78 is 41.0. The minimum atomic E-state index is -3.53. The molecule has 1 fully saturated rings. The number of sulfonamides is 1. The van der Waals surface area contributed by atoms with Crippen LogP contribution in [0.15, 0.2) is 47.4 Å². The number of quaternary nitrogens is 1. The van der Waals surface area contributed by atoms with E-state index < -0.39 is 10.0 Å². The molecule has 8 heteroatoms. The number of rotatable bonds is 6. The molecule has 0 aromatic heterocycles. The van der Waals surface area contributed by atoms with Gasteiger partial charge in [-0.15, -0.1) is 0 Å². The lowest BCUT2D eigenvalue weighted by molar-refractivity contribution is -0.895. The van der Waals surface area contributed by atoms with Gasteiger partial charge in [0, 0.05) is 12.1 Å². The van der Waals surface area contributed by atoms with Crippen LogP contribution in [0, 0.1) is 19.7 Å². The first kappa shape index (κ1) is 21.4. The van der Waals surface area contributed by atoms with Gasteiger partial charge in [-0.05, 0) is 31.5 Å². The molecule has 1 aliphatic heterocycles. The number of benzene rings is 2. The second-order valence-electron chi connectivity index (χ2n) is 7.47. The van der Waals surface area contributed by atoms with Gasteiger partial charge in [-0.3, -0.25) is 4.79 Å². The summed E-state index contributed by atoms with van der Waals surface area (Å²) in [4.78, 5) is 13.5. The highest BCUT2D eigenvalue weighted by Gasteiger charge is 2.31. The fourth-order valence-corrected chi connectivity index (χ4v) is 5.22. The van der Waals surface area contributed by atoms with Crippen molar-refractivity contribution in [2.24, 2.45) is 0 Å². The molecule has 0 aliphatic carbocycles. The molecule has 0 radical (unpaired) electrons. The Hall–Kier alpha value is -2.29. The zero-order valence-corrected chi connectivity index (χ0v) is 17.6. The Balaban J connectivity index is 1.52. The number of carbonyl (C=O) groups is 1. The van der Waals surface area contributed by atoms with E-state index in [1.807, 2.05) is 13.0 Å². The van der Waals surface area contributed by atoms with Crippen LogP contribution < -0.4 is 10.2 Å². The molecule has 2 aromatic rings. The normalized spacial score (nSPS) is 16.0. The van der Waals surface area contributed by atoms with E-state index in [1.165, 1.54) is 10.4 Å². The summed E-state index contributed by atoms with van der Waals surface area (Å²) in [6.07, 6.45) is 0. The number of amides is 1. The van der Waals surface area contributed by atoms with Crippen molar-refractivity contribution in [2.75, 3.05) is 32.7 Å². The number of halogens is 1. The van der Waals surface area contributed by atoms with E-state index in [2.05, 4.69) is 5.32 Å². The number of hydrogen-bond acceptors (Lipinski definition) is 3. The molecule has 1 saturated heterocycles. The smallest absolute Gasteiger partial charge is 0.275 e. The molecule has 1 amide bonds. The van der Waals surface area contributed by atoms with Crippen molar-refractivity contribution in [1.29, 1.82) is 0 Å². The topological polar surface area (TPSA) is 70.9 Å². The van der Waals surface area contributed by atoms with Crippen LogP contribution >= 0.6 is 0 Å². The standard InChI is InChI=1S/C21H26FN3O3S/c1-16-7-8-20(17(2)13-16)29(27,28)25-11-9-24(10-12-25)15-21(26)23-14-18-5-3-4-6-19(18)22/h3-8,13H,9-12,14-15H2,1-2H3,(H,23,26)/p+1. The molecule has 0 spiro atoms. The van der Waals surface area contributed by atoms with Gasteiger partial charge >= 0.3 is 0 Å². The van der Waals surface area contributed by atoms with Crippen molar-refractivity contribution < 1.29 is 22.5 Å². The van der Waals surface area contributed by atoms with Gasteiger partial charge in [-0.2, -0.15) is 4.31 Å². The van der Waals surface area contributed by atoms with Crippen LogP contribution in [-0.4, -0.2) is 51.4 Å². The van der Waals surface area contributed by atoms with Crippen LogP contribution in [0.25, 0.3) is 0 Å². The van der Waals surface area contributed by atoms with Crippen molar-refractivity contribution in [3.8, 4) is 0 Å². The van der Waals surface area contributed by atoms with Crippen molar-refractivity contribution in [2.45, 2.75) is 25.3 Å². The van der Waals surface area contributed by atoms with Gasteiger partial charge in [0.2, 0.25) is 10.0 Å². The van der Waals surface area contributed by atoms with Crippen LogP contribution in [0.5, 0.6) is 0 Å². The highest BCUT2D eigenvalue weighted by molar-refractivity contribution is 7.89. The third-order valence-corrected chi connectivity index (χ3v) is 7.28. The third-order valence-electron chi connectivity index (χ3n) is 5.22. The lowest BCUT2D eigenvalue weighted by Crippen LogP contribution is -3.15. The summed E-state index contributed by atoms with van der Waals surface area (Å²) in [6.45, 7) is 5.97. The maximum absolute atomic E-state index is 13.6. The Kier molecular flexibility index (Phi) is 6.66. The number of nitrogens with one attached hydrogen (secondary N) is 2. The molecule has 0 atom stereocenters. The quantitative estimate of drug-likeness (QED) is 0.721. The van der Waals surface area contributed by atoms with Crippen molar-refractivity contribution in [1.82, 2.24) is 9.62 Å². The Labute approximate surface area is 171 Å². The predicted octanol–water partition coefficient (Wildman–Crippen LogP) is 0.648. The SMILES string of the molecule is Cc1ccc(S(=O)(=O)N2CC[NH+](CC(=O)NCc3ccccc3F)CC2)c(C)c1. The first-order valence-corrected chi connectivity index (χ1v) is 11.1. The fraction of sp³-hybridized carbons (Fsp3) is 0.381. The van der Waals surface area contributed by atoms with Crippen molar-refractivity contribution in [3.05, 3.63) is 65.0 Å². The molecule has 156 valence electrons. The van der Waals surface area contributed by atoms with Gasteiger partial charge in [-0.1, -0.05) is 35.9 Å². The monoisotopic (exact) mass is 420 g/mol. The van der Waals surface area contributed by atoms with E-state index in [0.29, 0.717) is 36.6 Å². The van der Waals surface area contributed by atoms with E-state index in [4.69, 9.17) is 0 Å². The maximum atomic E-state index is 13.6. The third kappa shape index (κ3) is 5.20. The molecule has 0 unspecified atom stereocenters. The van der Waals surface area contributed by atoms with Gasteiger partial charge in [0.15, 0.2) is 6.54 Å². The first-order chi connectivity index (χ1) is 13.8. The lowest BCUT2D eigenvalue weighted by Gasteiger charge is -2.31. The Morgan fingerprint density at radius 1 is 1.14 bits per heavy atom. The minimum Gasteiger partial charge on any atom is -0.347 e. The zero-order valence-electron chi connectivity index (χ0n) is 16.7. The molecule has 1 aliphatic rings. The molecule has 0 bridgehead atoms. The molecule has 2 N–H and O–H groups in total. The average Bonchev–Trinajstić information content (AvgIpc) is 2.67. The summed E-state index contributed by atoms with van der Waals surface area (Å²) >= 11 is 0. The van der Waals surface area contributed by atoms with Gasteiger partial charge in [0.1, 0.15) is 5.82 Å². The molecule has 0 saturated carbocycles. The van der Waals surface area contributed by atoms with E-state index in [1.54, 1.807) is 37.3 Å². The van der Waals surface area contributed by atoms with Gasteiger partial charge in [-0.25, -0.2) is 12.8 Å². The van der Waals surface area contributed by atoms with Crippen molar-refractivity contribution >= 4 is 15.9 Å². The molecule has 29 heavy (non-hydrogen) atoms. The fourth-order valence-electron chi connectivity index (χ4n) is 3.57. The summed E-state index contributed by atoms with van der Waals surface area (Å²) in [6, 6.07) is 11.7. The molecule has 1 heterocycles. The molecule has 3 rings (SSSR count). The van der Waals surface area contributed by atoms with E-state index in [-0.39, 0.29) is 24.8 Å². The van der Waals surface area contributed by atoms with E-state index in [0.717, 1.165) is 16.0 Å².